The molecule has 2 aromatic carbocycles. The van der Waals surface area contributed by atoms with Gasteiger partial charge in [0.15, 0.2) is 0 Å². The highest BCUT2D eigenvalue weighted by molar-refractivity contribution is 6.30. The van der Waals surface area contributed by atoms with Gasteiger partial charge in [-0.1, -0.05) is 29.8 Å². The first-order valence-electron chi connectivity index (χ1n) is 12.9. The topological polar surface area (TPSA) is 64.0 Å². The predicted octanol–water partition coefficient (Wildman–Crippen LogP) is 4.69. The monoisotopic (exact) mass is 523 g/mol. The van der Waals surface area contributed by atoms with Gasteiger partial charge in [-0.05, 0) is 50.1 Å². The number of fused-ring (bicyclic) bond motifs is 1. The summed E-state index contributed by atoms with van der Waals surface area (Å²) < 4.78 is 13.7. The minimum Gasteiger partial charge on any atom is -0.493 e. The Kier molecular flexibility index (Phi) is 7.45. The summed E-state index contributed by atoms with van der Waals surface area (Å²) >= 11 is 6.03. The van der Waals surface area contributed by atoms with E-state index in [1.807, 2.05) is 60.2 Å². The first kappa shape index (κ1) is 25.6. The van der Waals surface area contributed by atoms with Crippen LogP contribution in [0, 0.1) is 12.3 Å². The number of aryl methyl sites for hydroxylation is 1. The van der Waals surface area contributed by atoms with Gasteiger partial charge in [0.05, 0.1) is 25.4 Å². The SMILES string of the molecule is Cc1c(C(=O)N2CCC(COc3ccc(Cl)cc3)(CC(=O)N3CCOCC3)CC2)c2ccccc2n1C. The number of morpholine rings is 1. The summed E-state index contributed by atoms with van der Waals surface area (Å²) in [6.07, 6.45) is 1.80. The lowest BCUT2D eigenvalue weighted by Gasteiger charge is -2.42. The highest BCUT2D eigenvalue weighted by Crippen LogP contribution is 2.38. The van der Waals surface area contributed by atoms with Crippen LogP contribution >= 0.6 is 11.6 Å². The number of likely N-dealkylation sites (tertiary alicyclic amines) is 1. The Labute approximate surface area is 222 Å². The minimum absolute atomic E-state index is 0.0565. The number of carbonyl (C=O) groups is 2. The normalized spacial score (nSPS) is 17.7. The van der Waals surface area contributed by atoms with Crippen molar-refractivity contribution in [1.82, 2.24) is 14.4 Å². The summed E-state index contributed by atoms with van der Waals surface area (Å²) in [6.45, 7) is 5.99. The summed E-state index contributed by atoms with van der Waals surface area (Å²) in [7, 11) is 2.00. The summed E-state index contributed by atoms with van der Waals surface area (Å²) in [5, 5.41) is 1.64. The molecule has 2 aliphatic rings. The van der Waals surface area contributed by atoms with Gasteiger partial charge in [0, 0.05) is 66.7 Å². The van der Waals surface area contributed by atoms with E-state index in [-0.39, 0.29) is 17.2 Å². The van der Waals surface area contributed by atoms with Crippen LogP contribution < -0.4 is 4.74 Å². The van der Waals surface area contributed by atoms with E-state index in [0.717, 1.165) is 27.9 Å². The van der Waals surface area contributed by atoms with Crippen molar-refractivity contribution in [3.8, 4) is 5.75 Å². The smallest absolute Gasteiger partial charge is 0.256 e. The number of benzene rings is 2. The van der Waals surface area contributed by atoms with Crippen LogP contribution in [0.15, 0.2) is 48.5 Å². The third-order valence-corrected chi connectivity index (χ3v) is 8.23. The number of para-hydroxylation sites is 1. The summed E-state index contributed by atoms with van der Waals surface area (Å²) in [5.74, 6) is 0.918. The van der Waals surface area contributed by atoms with E-state index in [1.165, 1.54) is 0 Å². The number of nitrogens with zero attached hydrogens (tertiary/aromatic N) is 3. The van der Waals surface area contributed by atoms with Crippen LogP contribution in [0.25, 0.3) is 10.9 Å². The number of hydrogen-bond donors (Lipinski definition) is 0. The number of piperidine rings is 1. The molecule has 0 spiro atoms. The maximum atomic E-state index is 13.7. The Bertz CT molecular complexity index is 1270. The lowest BCUT2D eigenvalue weighted by atomic mass is 9.75. The van der Waals surface area contributed by atoms with Gasteiger partial charge in [-0.25, -0.2) is 0 Å². The minimum atomic E-state index is -0.348. The van der Waals surface area contributed by atoms with Crippen molar-refractivity contribution >= 4 is 34.3 Å². The predicted molar refractivity (Wildman–Crippen MR) is 144 cm³/mol. The molecular formula is C29H34ClN3O4. The van der Waals surface area contributed by atoms with E-state index in [0.29, 0.717) is 70.3 Å². The number of hydrogen-bond acceptors (Lipinski definition) is 4. The van der Waals surface area contributed by atoms with Crippen molar-refractivity contribution in [2.45, 2.75) is 26.2 Å². The molecule has 3 heterocycles. The van der Waals surface area contributed by atoms with E-state index in [4.69, 9.17) is 21.1 Å². The average Bonchev–Trinajstić information content (AvgIpc) is 3.18. The molecule has 2 amide bonds. The number of rotatable bonds is 6. The molecule has 0 aliphatic carbocycles. The van der Waals surface area contributed by atoms with E-state index in [9.17, 15) is 9.59 Å². The van der Waals surface area contributed by atoms with Crippen LogP contribution in [-0.4, -0.2) is 72.2 Å². The first-order valence-corrected chi connectivity index (χ1v) is 13.3. The van der Waals surface area contributed by atoms with Crippen LogP contribution in [0.3, 0.4) is 0 Å². The molecule has 0 bridgehead atoms. The molecule has 0 atom stereocenters. The summed E-state index contributed by atoms with van der Waals surface area (Å²) in [6, 6.07) is 15.3. The van der Waals surface area contributed by atoms with Crippen LogP contribution in [0.5, 0.6) is 5.75 Å². The molecule has 2 aliphatic heterocycles. The molecule has 37 heavy (non-hydrogen) atoms. The van der Waals surface area contributed by atoms with Gasteiger partial charge in [-0.3, -0.25) is 9.59 Å². The van der Waals surface area contributed by atoms with E-state index < -0.39 is 0 Å². The molecule has 196 valence electrons. The van der Waals surface area contributed by atoms with E-state index >= 15 is 0 Å². The lowest BCUT2D eigenvalue weighted by Crippen LogP contribution is -2.49. The molecule has 3 aromatic rings. The summed E-state index contributed by atoms with van der Waals surface area (Å²) in [5.41, 5.74) is 2.45. The van der Waals surface area contributed by atoms with Gasteiger partial charge in [0.2, 0.25) is 5.91 Å². The molecule has 1 aromatic heterocycles. The molecule has 8 heteroatoms. The zero-order valence-electron chi connectivity index (χ0n) is 21.5. The maximum Gasteiger partial charge on any atom is 0.256 e. The fraction of sp³-hybridized carbons (Fsp3) is 0.448. The van der Waals surface area contributed by atoms with Crippen molar-refractivity contribution < 1.29 is 19.1 Å². The fourth-order valence-electron chi connectivity index (χ4n) is 5.52. The third kappa shape index (κ3) is 5.34. The Morgan fingerprint density at radius 1 is 0.973 bits per heavy atom. The molecule has 2 fully saturated rings. The number of halogens is 1. The number of amides is 2. The molecular weight excluding hydrogens is 490 g/mol. The second kappa shape index (κ2) is 10.8. The maximum absolute atomic E-state index is 13.7. The molecule has 5 rings (SSSR count). The molecule has 0 N–H and O–H groups in total. The zero-order valence-corrected chi connectivity index (χ0v) is 22.3. The van der Waals surface area contributed by atoms with Crippen molar-refractivity contribution in [2.75, 3.05) is 46.0 Å². The van der Waals surface area contributed by atoms with Crippen LogP contribution in [-0.2, 0) is 16.6 Å². The van der Waals surface area contributed by atoms with Gasteiger partial charge < -0.3 is 23.8 Å². The number of ether oxygens (including phenoxy) is 2. The largest absolute Gasteiger partial charge is 0.493 e. The lowest BCUT2D eigenvalue weighted by molar-refractivity contribution is -0.139. The summed E-state index contributed by atoms with van der Waals surface area (Å²) in [4.78, 5) is 30.8. The van der Waals surface area contributed by atoms with Gasteiger partial charge in [-0.2, -0.15) is 0 Å². The third-order valence-electron chi connectivity index (χ3n) is 7.97. The Hall–Kier alpha value is -3.03. The zero-order chi connectivity index (χ0) is 26.0. The average molecular weight is 524 g/mol. The van der Waals surface area contributed by atoms with Crippen LogP contribution in [0.2, 0.25) is 5.02 Å². The molecule has 0 radical (unpaired) electrons. The number of carbonyl (C=O) groups excluding carboxylic acids is 2. The van der Waals surface area contributed by atoms with Crippen LogP contribution in [0.4, 0.5) is 0 Å². The fourth-order valence-corrected chi connectivity index (χ4v) is 5.64. The van der Waals surface area contributed by atoms with E-state index in [1.54, 1.807) is 12.1 Å². The number of aromatic nitrogens is 1. The van der Waals surface area contributed by atoms with Crippen LogP contribution in [0.1, 0.15) is 35.3 Å². The molecule has 0 saturated carbocycles. The van der Waals surface area contributed by atoms with Crippen molar-refractivity contribution in [2.24, 2.45) is 12.5 Å². The Morgan fingerprint density at radius 2 is 1.65 bits per heavy atom. The van der Waals surface area contributed by atoms with E-state index in [2.05, 4.69) is 4.57 Å². The standard InChI is InChI=1S/C29H34ClN3O4/c1-21-27(24-5-3-4-6-25(24)31(21)2)28(35)33-13-11-29(12-14-33,19-26(34)32-15-17-36-18-16-32)20-37-23-9-7-22(30)8-10-23/h3-10H,11-20H2,1-2H3. The van der Waals surface area contributed by atoms with Gasteiger partial charge in [0.25, 0.3) is 5.91 Å². The van der Waals surface area contributed by atoms with Gasteiger partial charge in [0.1, 0.15) is 5.75 Å². The Balaban J connectivity index is 1.33. The van der Waals surface area contributed by atoms with Gasteiger partial charge >= 0.3 is 0 Å². The highest BCUT2D eigenvalue weighted by atomic mass is 35.5. The van der Waals surface area contributed by atoms with Crippen molar-refractivity contribution in [3.05, 3.63) is 64.8 Å². The van der Waals surface area contributed by atoms with Crippen molar-refractivity contribution in [1.29, 1.82) is 0 Å². The molecule has 7 nitrogen and oxygen atoms in total. The first-order chi connectivity index (χ1) is 17.9. The quantitative estimate of drug-likeness (QED) is 0.470. The van der Waals surface area contributed by atoms with Crippen molar-refractivity contribution in [3.63, 3.8) is 0 Å². The highest BCUT2D eigenvalue weighted by Gasteiger charge is 2.40. The molecule has 2 saturated heterocycles. The van der Waals surface area contributed by atoms with Gasteiger partial charge in [-0.15, -0.1) is 0 Å². The molecule has 0 unspecified atom stereocenters. The second-order valence-corrected chi connectivity index (χ2v) is 10.7. The Morgan fingerprint density at radius 3 is 2.35 bits per heavy atom. The second-order valence-electron chi connectivity index (χ2n) is 10.2.